The van der Waals surface area contributed by atoms with Crippen LogP contribution in [0.5, 0.6) is 0 Å². The standard InChI is InChI=1S/C15H11BrClFN2O3/c16-9-2-4-13(11(18)6-9)20-14(21)7-23-15(22)8-1-3-10(17)12(19)5-8/h1-6H,7,19H2,(H,20,21). The summed E-state index contributed by atoms with van der Waals surface area (Å²) in [7, 11) is 0. The van der Waals surface area contributed by atoms with Crippen molar-refractivity contribution in [3.8, 4) is 0 Å². The van der Waals surface area contributed by atoms with E-state index in [-0.39, 0.29) is 16.9 Å². The largest absolute Gasteiger partial charge is 0.452 e. The third-order valence-electron chi connectivity index (χ3n) is 2.77. The molecule has 0 unspecified atom stereocenters. The zero-order valence-corrected chi connectivity index (χ0v) is 13.9. The molecule has 0 fully saturated rings. The van der Waals surface area contributed by atoms with Gasteiger partial charge < -0.3 is 15.8 Å². The summed E-state index contributed by atoms with van der Waals surface area (Å²) in [5, 5.41) is 2.62. The van der Waals surface area contributed by atoms with Crippen LogP contribution in [0.25, 0.3) is 0 Å². The minimum absolute atomic E-state index is 0.00927. The highest BCUT2D eigenvalue weighted by Gasteiger charge is 2.13. The Balaban J connectivity index is 1.93. The molecule has 2 aromatic rings. The van der Waals surface area contributed by atoms with Gasteiger partial charge in [0.1, 0.15) is 5.82 Å². The highest BCUT2D eigenvalue weighted by molar-refractivity contribution is 9.10. The molecule has 5 nitrogen and oxygen atoms in total. The number of halogens is 3. The van der Waals surface area contributed by atoms with E-state index in [1.165, 1.54) is 30.3 Å². The van der Waals surface area contributed by atoms with Crippen LogP contribution in [0.2, 0.25) is 5.02 Å². The SMILES string of the molecule is Nc1cc(C(=O)OCC(=O)Nc2ccc(Br)cc2F)ccc1Cl. The van der Waals surface area contributed by atoms with Crippen molar-refractivity contribution in [1.29, 1.82) is 0 Å². The molecule has 0 saturated carbocycles. The molecule has 0 spiro atoms. The normalized spacial score (nSPS) is 10.2. The fourth-order valence-electron chi connectivity index (χ4n) is 1.66. The quantitative estimate of drug-likeness (QED) is 0.606. The zero-order valence-electron chi connectivity index (χ0n) is 11.6. The average molecular weight is 402 g/mol. The van der Waals surface area contributed by atoms with E-state index >= 15 is 0 Å². The smallest absolute Gasteiger partial charge is 0.338 e. The Morgan fingerprint density at radius 3 is 2.65 bits per heavy atom. The number of hydrogen-bond donors (Lipinski definition) is 2. The molecule has 0 aliphatic heterocycles. The molecule has 0 aliphatic rings. The summed E-state index contributed by atoms with van der Waals surface area (Å²) in [4.78, 5) is 23.5. The lowest BCUT2D eigenvalue weighted by Gasteiger charge is -2.08. The van der Waals surface area contributed by atoms with Gasteiger partial charge in [0.25, 0.3) is 5.91 Å². The summed E-state index contributed by atoms with van der Waals surface area (Å²) >= 11 is 8.86. The lowest BCUT2D eigenvalue weighted by Crippen LogP contribution is -2.21. The number of rotatable bonds is 4. The van der Waals surface area contributed by atoms with Gasteiger partial charge in [0.2, 0.25) is 0 Å². The molecule has 3 N–H and O–H groups in total. The van der Waals surface area contributed by atoms with Crippen molar-refractivity contribution >= 4 is 50.8 Å². The van der Waals surface area contributed by atoms with Crippen LogP contribution in [0.4, 0.5) is 15.8 Å². The monoisotopic (exact) mass is 400 g/mol. The minimum atomic E-state index is -0.736. The van der Waals surface area contributed by atoms with Crippen LogP contribution in [0, 0.1) is 5.82 Å². The first kappa shape index (κ1) is 17.2. The van der Waals surface area contributed by atoms with E-state index in [0.29, 0.717) is 9.50 Å². The number of anilines is 2. The molecule has 1 amide bonds. The van der Waals surface area contributed by atoms with Gasteiger partial charge in [-0.15, -0.1) is 0 Å². The Bertz CT molecular complexity index is 770. The number of amides is 1. The fourth-order valence-corrected chi connectivity index (χ4v) is 2.11. The number of nitrogens with two attached hydrogens (primary N) is 1. The molecule has 8 heteroatoms. The fraction of sp³-hybridized carbons (Fsp3) is 0.0667. The van der Waals surface area contributed by atoms with Gasteiger partial charge in [0.05, 0.1) is 22.0 Å². The maximum Gasteiger partial charge on any atom is 0.338 e. The first-order valence-corrected chi connectivity index (χ1v) is 7.51. The van der Waals surface area contributed by atoms with Gasteiger partial charge in [-0.2, -0.15) is 0 Å². The molecule has 0 saturated heterocycles. The van der Waals surface area contributed by atoms with Crippen molar-refractivity contribution in [3.63, 3.8) is 0 Å². The lowest BCUT2D eigenvalue weighted by atomic mass is 10.2. The van der Waals surface area contributed by atoms with Crippen LogP contribution < -0.4 is 11.1 Å². The molecule has 120 valence electrons. The van der Waals surface area contributed by atoms with Crippen molar-refractivity contribution in [2.24, 2.45) is 0 Å². The number of carbonyl (C=O) groups is 2. The van der Waals surface area contributed by atoms with Crippen LogP contribution in [0.1, 0.15) is 10.4 Å². The first-order chi connectivity index (χ1) is 10.9. The molecule has 0 aromatic heterocycles. The van der Waals surface area contributed by atoms with E-state index in [1.54, 1.807) is 6.07 Å². The highest BCUT2D eigenvalue weighted by Crippen LogP contribution is 2.20. The van der Waals surface area contributed by atoms with Gasteiger partial charge in [-0.05, 0) is 36.4 Å². The zero-order chi connectivity index (χ0) is 17.0. The third kappa shape index (κ3) is 4.67. The average Bonchev–Trinajstić information content (AvgIpc) is 2.50. The van der Waals surface area contributed by atoms with Gasteiger partial charge in [0.15, 0.2) is 6.61 Å². The van der Waals surface area contributed by atoms with Crippen molar-refractivity contribution in [2.75, 3.05) is 17.7 Å². The second kappa shape index (κ2) is 7.43. The predicted molar refractivity (Wildman–Crippen MR) is 88.9 cm³/mol. The van der Waals surface area contributed by atoms with Gasteiger partial charge in [-0.25, -0.2) is 9.18 Å². The predicted octanol–water partition coefficient (Wildman–Crippen LogP) is 3.62. The maximum absolute atomic E-state index is 13.6. The van der Waals surface area contributed by atoms with Crippen molar-refractivity contribution in [2.45, 2.75) is 0 Å². The first-order valence-electron chi connectivity index (χ1n) is 6.34. The van der Waals surface area contributed by atoms with E-state index < -0.39 is 24.3 Å². The molecule has 23 heavy (non-hydrogen) atoms. The van der Waals surface area contributed by atoms with Gasteiger partial charge in [-0.3, -0.25) is 4.79 Å². The lowest BCUT2D eigenvalue weighted by molar-refractivity contribution is -0.119. The molecular weight excluding hydrogens is 391 g/mol. The Morgan fingerprint density at radius 2 is 2.00 bits per heavy atom. The molecule has 0 bridgehead atoms. The van der Waals surface area contributed by atoms with E-state index in [0.717, 1.165) is 0 Å². The summed E-state index contributed by atoms with van der Waals surface area (Å²) in [5.74, 6) is -2.01. The topological polar surface area (TPSA) is 81.4 Å². The number of hydrogen-bond acceptors (Lipinski definition) is 4. The Labute approximate surface area is 144 Å². The van der Waals surface area contributed by atoms with Gasteiger partial charge >= 0.3 is 5.97 Å². The second-order valence-electron chi connectivity index (χ2n) is 4.48. The van der Waals surface area contributed by atoms with Crippen LogP contribution in [0.3, 0.4) is 0 Å². The molecule has 2 rings (SSSR count). The summed E-state index contributed by atoms with van der Waals surface area (Å²) in [6, 6.07) is 8.38. The molecule has 0 radical (unpaired) electrons. The van der Waals surface area contributed by atoms with E-state index in [4.69, 9.17) is 22.1 Å². The number of ether oxygens (including phenoxy) is 1. The Morgan fingerprint density at radius 1 is 1.26 bits per heavy atom. The van der Waals surface area contributed by atoms with Crippen molar-refractivity contribution in [3.05, 3.63) is 57.3 Å². The Kier molecular flexibility index (Phi) is 5.57. The molecular formula is C15H11BrClFN2O3. The Hall–Kier alpha value is -2.12. The summed E-state index contributed by atoms with van der Waals surface area (Å²) in [6.45, 7) is -0.559. The molecule has 2 aromatic carbocycles. The third-order valence-corrected chi connectivity index (χ3v) is 3.61. The number of benzene rings is 2. The van der Waals surface area contributed by atoms with E-state index in [1.807, 2.05) is 0 Å². The van der Waals surface area contributed by atoms with E-state index in [2.05, 4.69) is 21.2 Å². The highest BCUT2D eigenvalue weighted by atomic mass is 79.9. The van der Waals surface area contributed by atoms with Gasteiger partial charge in [0, 0.05) is 4.47 Å². The maximum atomic E-state index is 13.6. The van der Waals surface area contributed by atoms with Crippen LogP contribution >= 0.6 is 27.5 Å². The number of nitrogens with one attached hydrogen (secondary N) is 1. The molecule has 0 aliphatic carbocycles. The van der Waals surface area contributed by atoms with Gasteiger partial charge in [-0.1, -0.05) is 27.5 Å². The number of nitrogen functional groups attached to an aromatic ring is 1. The van der Waals surface area contributed by atoms with Crippen LogP contribution in [0.15, 0.2) is 40.9 Å². The summed E-state index contributed by atoms with van der Waals surface area (Å²) in [6.07, 6.45) is 0. The molecule has 0 atom stereocenters. The van der Waals surface area contributed by atoms with Crippen molar-refractivity contribution in [1.82, 2.24) is 0 Å². The second-order valence-corrected chi connectivity index (χ2v) is 5.81. The summed E-state index contributed by atoms with van der Waals surface area (Å²) in [5.41, 5.74) is 5.96. The van der Waals surface area contributed by atoms with E-state index in [9.17, 15) is 14.0 Å². The van der Waals surface area contributed by atoms with Crippen molar-refractivity contribution < 1.29 is 18.7 Å². The minimum Gasteiger partial charge on any atom is -0.452 e. The number of carbonyl (C=O) groups excluding carboxylic acids is 2. The number of esters is 1. The van der Waals surface area contributed by atoms with Crippen LogP contribution in [-0.2, 0) is 9.53 Å². The molecule has 0 heterocycles. The summed E-state index contributed by atoms with van der Waals surface area (Å²) < 4.78 is 19.0. The van der Waals surface area contributed by atoms with Crippen LogP contribution in [-0.4, -0.2) is 18.5 Å².